The Hall–Kier alpha value is -7.16. The van der Waals surface area contributed by atoms with Gasteiger partial charge in [0.05, 0.1) is 11.1 Å². The lowest BCUT2D eigenvalue weighted by molar-refractivity contribution is 0.418. The van der Waals surface area contributed by atoms with Crippen LogP contribution in [0.3, 0.4) is 0 Å². The first-order valence-corrected chi connectivity index (χ1v) is 22.4. The monoisotopic (exact) mass is 795 g/mol. The molecule has 10 aromatic rings. The Kier molecular flexibility index (Phi) is 8.00. The quantitative estimate of drug-likeness (QED) is 0.160. The summed E-state index contributed by atoms with van der Waals surface area (Å²) in [6.07, 6.45) is 6.78. The number of hydrogen-bond donors (Lipinski definition) is 0. The van der Waals surface area contributed by atoms with Gasteiger partial charge in [0.15, 0.2) is 0 Å². The second-order valence-electron chi connectivity index (χ2n) is 18.1. The molecule has 13 rings (SSSR count). The van der Waals surface area contributed by atoms with E-state index in [0.717, 1.165) is 44.9 Å². The lowest BCUT2D eigenvalue weighted by Gasteiger charge is -2.28. The molecule has 0 saturated heterocycles. The normalized spacial score (nSPS) is 18.7. The first-order valence-electron chi connectivity index (χ1n) is 22.4. The Morgan fingerprint density at radius 1 is 0.468 bits per heavy atom. The Balaban J connectivity index is 1.02. The molecule has 1 aromatic heterocycles. The van der Waals surface area contributed by atoms with Crippen LogP contribution in [-0.2, 0) is 5.41 Å². The second kappa shape index (κ2) is 13.9. The van der Waals surface area contributed by atoms with Crippen molar-refractivity contribution in [2.75, 3.05) is 4.90 Å². The zero-order valence-corrected chi connectivity index (χ0v) is 34.6. The minimum Gasteiger partial charge on any atom is -0.456 e. The topological polar surface area (TPSA) is 16.4 Å². The van der Waals surface area contributed by atoms with Gasteiger partial charge in [-0.3, -0.25) is 0 Å². The van der Waals surface area contributed by atoms with Crippen molar-refractivity contribution in [3.8, 4) is 33.4 Å². The van der Waals surface area contributed by atoms with Gasteiger partial charge in [-0.1, -0.05) is 158 Å². The van der Waals surface area contributed by atoms with Crippen molar-refractivity contribution in [1.82, 2.24) is 0 Å². The van der Waals surface area contributed by atoms with E-state index < -0.39 is 0 Å². The van der Waals surface area contributed by atoms with Crippen molar-refractivity contribution in [2.45, 2.75) is 43.4 Å². The molecular formula is C60H45NO. The largest absolute Gasteiger partial charge is 0.456 e. The number of nitrogens with zero attached hydrogens (tertiary/aromatic N) is 1. The first kappa shape index (κ1) is 35.6. The maximum atomic E-state index is 6.55. The fraction of sp³-hybridized carbons (Fsp3) is 0.133. The smallest absolute Gasteiger partial charge is 0.137 e. The lowest BCUT2D eigenvalue weighted by atomic mass is 9.76. The summed E-state index contributed by atoms with van der Waals surface area (Å²) in [5.41, 5.74) is 18.7. The average Bonchev–Trinajstić information content (AvgIpc) is 4.13. The minimum absolute atomic E-state index is 0.141. The predicted octanol–water partition coefficient (Wildman–Crippen LogP) is 16.5. The van der Waals surface area contributed by atoms with Crippen molar-refractivity contribution in [3.05, 3.63) is 222 Å². The van der Waals surface area contributed by atoms with E-state index in [4.69, 9.17) is 4.42 Å². The van der Waals surface area contributed by atoms with Gasteiger partial charge in [0, 0.05) is 22.7 Å². The second-order valence-corrected chi connectivity index (χ2v) is 18.1. The molecule has 1 heterocycles. The molecular weight excluding hydrogens is 751 g/mol. The van der Waals surface area contributed by atoms with Gasteiger partial charge in [0.1, 0.15) is 11.2 Å². The van der Waals surface area contributed by atoms with Gasteiger partial charge in [-0.2, -0.15) is 0 Å². The maximum absolute atomic E-state index is 6.55. The van der Waals surface area contributed by atoms with Crippen LogP contribution in [0, 0.1) is 5.92 Å². The Bertz CT molecular complexity index is 3350. The molecule has 1 atom stereocenters. The van der Waals surface area contributed by atoms with Crippen molar-refractivity contribution in [1.29, 1.82) is 0 Å². The van der Waals surface area contributed by atoms with Crippen molar-refractivity contribution < 1.29 is 4.42 Å². The van der Waals surface area contributed by atoms with E-state index in [1.54, 1.807) is 5.56 Å². The van der Waals surface area contributed by atoms with Crippen LogP contribution in [0.15, 0.2) is 205 Å². The van der Waals surface area contributed by atoms with Gasteiger partial charge in [0.2, 0.25) is 0 Å². The third kappa shape index (κ3) is 5.49. The number of anilines is 3. The summed E-state index contributed by atoms with van der Waals surface area (Å²) in [5, 5.41) is 4.72. The Morgan fingerprint density at radius 2 is 1.11 bits per heavy atom. The van der Waals surface area contributed by atoms with Crippen LogP contribution in [0.2, 0.25) is 0 Å². The molecule has 0 amide bonds. The summed E-state index contributed by atoms with van der Waals surface area (Å²) in [5.74, 6) is 1.04. The highest BCUT2D eigenvalue weighted by molar-refractivity contribution is 6.14. The Labute approximate surface area is 362 Å². The summed E-state index contributed by atoms with van der Waals surface area (Å²) >= 11 is 0. The highest BCUT2D eigenvalue weighted by atomic mass is 16.3. The molecule has 296 valence electrons. The number of rotatable bonds is 7. The molecule has 0 spiro atoms. The van der Waals surface area contributed by atoms with Crippen LogP contribution in [0.25, 0.3) is 66.1 Å². The molecule has 9 aromatic carbocycles. The van der Waals surface area contributed by atoms with E-state index in [9.17, 15) is 0 Å². The first-order chi connectivity index (χ1) is 30.7. The van der Waals surface area contributed by atoms with Gasteiger partial charge < -0.3 is 9.32 Å². The number of benzene rings is 9. The van der Waals surface area contributed by atoms with Gasteiger partial charge in [0.25, 0.3) is 0 Å². The van der Waals surface area contributed by atoms with E-state index in [0.29, 0.717) is 5.41 Å². The number of furan rings is 1. The molecule has 1 unspecified atom stereocenters. The SMILES string of the molecule is c1ccc(-c2cccc3cccc(-c4cccc(N(c5ccc6c(c5)C(c5ccccc5)c5cc(C78CCC(CC7)C8)ccc5-6)c5cccc6oc7ccccc7c56)c4)c23)cc1. The number of hydrogen-bond acceptors (Lipinski definition) is 2. The van der Waals surface area contributed by atoms with E-state index in [1.807, 2.05) is 0 Å². The zero-order chi connectivity index (χ0) is 40.8. The van der Waals surface area contributed by atoms with Gasteiger partial charge >= 0.3 is 0 Å². The molecule has 0 N–H and O–H groups in total. The molecule has 62 heavy (non-hydrogen) atoms. The molecule has 0 radical (unpaired) electrons. The fourth-order valence-electron chi connectivity index (χ4n) is 11.9. The zero-order valence-electron chi connectivity index (χ0n) is 34.6. The molecule has 2 fully saturated rings. The number of para-hydroxylation sites is 1. The summed E-state index contributed by atoms with van der Waals surface area (Å²) in [4.78, 5) is 2.48. The van der Waals surface area contributed by atoms with Crippen LogP contribution < -0.4 is 4.90 Å². The van der Waals surface area contributed by atoms with Crippen molar-refractivity contribution in [3.63, 3.8) is 0 Å². The molecule has 0 aliphatic heterocycles. The minimum atomic E-state index is 0.141. The molecule has 2 heteroatoms. The molecule has 2 bridgehead atoms. The standard InChI is InChI=1S/C60H45NO/c1-3-13-40(14-4-1)47-22-10-17-42-18-11-23-48(57(42)47)43-19-9-20-45(35-43)61(54-24-12-26-56-59(54)51-21-7-8-25-55(51)62-56)46-28-30-50-49-29-27-44(60-33-31-39(38-60)32-34-60)36-52(49)58(53(50)37-46)41-15-5-2-6-16-41/h1-30,35-37,39,58H,31-34,38H2. The summed E-state index contributed by atoms with van der Waals surface area (Å²) in [7, 11) is 0. The van der Waals surface area contributed by atoms with Crippen LogP contribution in [0.5, 0.6) is 0 Å². The highest BCUT2D eigenvalue weighted by Gasteiger charge is 2.46. The third-order valence-electron chi connectivity index (χ3n) is 14.8. The molecule has 3 aliphatic carbocycles. The van der Waals surface area contributed by atoms with Crippen LogP contribution in [0.1, 0.15) is 60.3 Å². The lowest BCUT2D eigenvalue weighted by Crippen LogP contribution is -2.19. The Morgan fingerprint density at radius 3 is 1.90 bits per heavy atom. The predicted molar refractivity (Wildman–Crippen MR) is 258 cm³/mol. The van der Waals surface area contributed by atoms with Crippen molar-refractivity contribution in [2.24, 2.45) is 5.92 Å². The van der Waals surface area contributed by atoms with E-state index in [2.05, 4.69) is 205 Å². The summed E-state index contributed by atoms with van der Waals surface area (Å²) in [6.45, 7) is 0. The van der Waals surface area contributed by atoms with Gasteiger partial charge in [-0.05, 0) is 152 Å². The van der Waals surface area contributed by atoms with Crippen LogP contribution >= 0.6 is 0 Å². The van der Waals surface area contributed by atoms with Crippen LogP contribution in [0.4, 0.5) is 17.1 Å². The van der Waals surface area contributed by atoms with E-state index in [1.165, 1.54) is 92.9 Å². The highest BCUT2D eigenvalue weighted by Crippen LogP contribution is 2.58. The van der Waals surface area contributed by atoms with Gasteiger partial charge in [-0.15, -0.1) is 0 Å². The third-order valence-corrected chi connectivity index (χ3v) is 14.8. The van der Waals surface area contributed by atoms with Gasteiger partial charge in [-0.25, -0.2) is 0 Å². The molecule has 3 aliphatic rings. The number of fused-ring (bicyclic) bond motifs is 9. The molecule has 2 saturated carbocycles. The fourth-order valence-corrected chi connectivity index (χ4v) is 11.9. The van der Waals surface area contributed by atoms with E-state index >= 15 is 0 Å². The van der Waals surface area contributed by atoms with Crippen LogP contribution in [-0.4, -0.2) is 0 Å². The molecule has 2 nitrogen and oxygen atoms in total. The average molecular weight is 796 g/mol. The van der Waals surface area contributed by atoms with E-state index in [-0.39, 0.29) is 5.92 Å². The van der Waals surface area contributed by atoms with Crippen molar-refractivity contribution >= 4 is 49.8 Å². The summed E-state index contributed by atoms with van der Waals surface area (Å²) < 4.78 is 6.55. The maximum Gasteiger partial charge on any atom is 0.137 e. The summed E-state index contributed by atoms with van der Waals surface area (Å²) in [6, 6.07) is 74.3.